The molecule has 0 aliphatic carbocycles. The van der Waals surface area contributed by atoms with Crippen LogP contribution in [0.4, 0.5) is 0 Å². The second kappa shape index (κ2) is 6.91. The van der Waals surface area contributed by atoms with Crippen molar-refractivity contribution in [3.63, 3.8) is 0 Å². The standard InChI is InChI=1S/C14H19NO5/c1-10-3-5-11(6-4-10)20-8-7-12(16)15-9-14(2,19)13(17)18/h3-6,19H,7-9H2,1-2H3,(H,15,16)(H,17,18). The minimum absolute atomic E-state index is 0.0869. The van der Waals surface area contributed by atoms with Gasteiger partial charge in [0.1, 0.15) is 5.75 Å². The Bertz CT molecular complexity index is 467. The summed E-state index contributed by atoms with van der Waals surface area (Å²) in [6.07, 6.45) is 0.0869. The maximum absolute atomic E-state index is 11.5. The van der Waals surface area contributed by atoms with Crippen LogP contribution in [0.2, 0.25) is 0 Å². The second-order valence-electron chi connectivity index (χ2n) is 4.77. The molecule has 1 aromatic carbocycles. The number of carbonyl (C=O) groups excluding carboxylic acids is 1. The van der Waals surface area contributed by atoms with Crippen molar-refractivity contribution in [1.82, 2.24) is 5.32 Å². The Hall–Kier alpha value is -2.08. The average Bonchev–Trinajstić information content (AvgIpc) is 2.39. The third-order valence-electron chi connectivity index (χ3n) is 2.71. The molecule has 0 bridgehead atoms. The van der Waals surface area contributed by atoms with Gasteiger partial charge < -0.3 is 20.3 Å². The lowest BCUT2D eigenvalue weighted by Crippen LogP contribution is -2.46. The summed E-state index contributed by atoms with van der Waals surface area (Å²) < 4.78 is 5.37. The van der Waals surface area contributed by atoms with Crippen molar-refractivity contribution in [2.45, 2.75) is 25.9 Å². The summed E-state index contributed by atoms with van der Waals surface area (Å²) in [4.78, 5) is 22.1. The number of aryl methyl sites for hydroxylation is 1. The number of carboxylic acid groups (broad SMARTS) is 1. The zero-order valence-electron chi connectivity index (χ0n) is 11.5. The van der Waals surface area contributed by atoms with Crippen LogP contribution < -0.4 is 10.1 Å². The monoisotopic (exact) mass is 281 g/mol. The molecule has 20 heavy (non-hydrogen) atoms. The van der Waals surface area contributed by atoms with Gasteiger partial charge in [-0.05, 0) is 26.0 Å². The molecule has 1 unspecified atom stereocenters. The predicted octanol–water partition coefficient (Wildman–Crippen LogP) is 0.716. The molecular formula is C14H19NO5. The Labute approximate surface area is 117 Å². The molecule has 1 atom stereocenters. The van der Waals surface area contributed by atoms with Crippen LogP contribution in [0, 0.1) is 6.92 Å². The lowest BCUT2D eigenvalue weighted by Gasteiger charge is -2.18. The number of carboxylic acids is 1. The zero-order valence-corrected chi connectivity index (χ0v) is 11.5. The van der Waals surface area contributed by atoms with Crippen LogP contribution in [-0.2, 0) is 9.59 Å². The summed E-state index contributed by atoms with van der Waals surface area (Å²) in [6.45, 7) is 2.93. The molecule has 0 saturated carbocycles. The summed E-state index contributed by atoms with van der Waals surface area (Å²) in [5.41, 5.74) is -0.848. The molecule has 0 aliphatic heterocycles. The SMILES string of the molecule is Cc1ccc(OCCC(=O)NCC(C)(O)C(=O)O)cc1. The van der Waals surface area contributed by atoms with Crippen molar-refractivity contribution in [2.75, 3.05) is 13.2 Å². The van der Waals surface area contributed by atoms with E-state index in [4.69, 9.17) is 9.84 Å². The van der Waals surface area contributed by atoms with Crippen molar-refractivity contribution >= 4 is 11.9 Å². The Morgan fingerprint density at radius 1 is 1.30 bits per heavy atom. The maximum Gasteiger partial charge on any atom is 0.337 e. The number of hydrogen-bond donors (Lipinski definition) is 3. The summed E-state index contributed by atoms with van der Waals surface area (Å²) >= 11 is 0. The van der Waals surface area contributed by atoms with Crippen LogP contribution in [0.3, 0.4) is 0 Å². The van der Waals surface area contributed by atoms with Gasteiger partial charge in [0.25, 0.3) is 0 Å². The molecular weight excluding hydrogens is 262 g/mol. The molecule has 1 aromatic rings. The predicted molar refractivity (Wildman–Crippen MR) is 72.6 cm³/mol. The molecule has 0 saturated heterocycles. The first-order valence-corrected chi connectivity index (χ1v) is 6.23. The highest BCUT2D eigenvalue weighted by Gasteiger charge is 2.30. The number of ether oxygens (including phenoxy) is 1. The Morgan fingerprint density at radius 2 is 1.90 bits per heavy atom. The van der Waals surface area contributed by atoms with Crippen molar-refractivity contribution in [1.29, 1.82) is 0 Å². The Morgan fingerprint density at radius 3 is 2.45 bits per heavy atom. The van der Waals surface area contributed by atoms with Crippen LogP contribution in [0.1, 0.15) is 18.9 Å². The van der Waals surface area contributed by atoms with E-state index in [1.54, 1.807) is 0 Å². The highest BCUT2D eigenvalue weighted by molar-refractivity contribution is 5.80. The van der Waals surface area contributed by atoms with Crippen LogP contribution in [0.25, 0.3) is 0 Å². The number of aliphatic hydroxyl groups is 1. The van der Waals surface area contributed by atoms with Gasteiger partial charge in [-0.2, -0.15) is 0 Å². The Balaban J connectivity index is 2.27. The number of amides is 1. The van der Waals surface area contributed by atoms with Crippen molar-refractivity contribution in [3.05, 3.63) is 29.8 Å². The first kappa shape index (κ1) is 16.0. The summed E-state index contributed by atoms with van der Waals surface area (Å²) in [7, 11) is 0. The lowest BCUT2D eigenvalue weighted by molar-refractivity contribution is -0.156. The molecule has 110 valence electrons. The van der Waals surface area contributed by atoms with Gasteiger partial charge in [0, 0.05) is 0 Å². The summed E-state index contributed by atoms with van der Waals surface area (Å²) in [5, 5.41) is 20.4. The molecule has 0 spiro atoms. The number of nitrogens with one attached hydrogen (secondary N) is 1. The molecule has 0 aliphatic rings. The number of hydrogen-bond acceptors (Lipinski definition) is 4. The first-order valence-electron chi connectivity index (χ1n) is 6.23. The molecule has 0 aromatic heterocycles. The topological polar surface area (TPSA) is 95.9 Å². The van der Waals surface area contributed by atoms with Crippen LogP contribution >= 0.6 is 0 Å². The first-order chi connectivity index (χ1) is 9.31. The third kappa shape index (κ3) is 5.27. The van der Waals surface area contributed by atoms with Crippen LogP contribution in [0.5, 0.6) is 5.75 Å². The van der Waals surface area contributed by atoms with Gasteiger partial charge in [-0.1, -0.05) is 17.7 Å². The molecule has 1 amide bonds. The Kier molecular flexibility index (Phi) is 5.52. The van der Waals surface area contributed by atoms with Crippen molar-refractivity contribution < 1.29 is 24.5 Å². The summed E-state index contributed by atoms with van der Waals surface area (Å²) in [6, 6.07) is 7.42. The molecule has 6 nitrogen and oxygen atoms in total. The number of benzene rings is 1. The molecule has 0 radical (unpaired) electrons. The van der Waals surface area contributed by atoms with Crippen LogP contribution in [0.15, 0.2) is 24.3 Å². The van der Waals surface area contributed by atoms with E-state index in [1.807, 2.05) is 31.2 Å². The largest absolute Gasteiger partial charge is 0.493 e. The molecule has 1 rings (SSSR count). The highest BCUT2D eigenvalue weighted by atomic mass is 16.5. The average molecular weight is 281 g/mol. The number of rotatable bonds is 7. The minimum Gasteiger partial charge on any atom is -0.493 e. The number of aliphatic carboxylic acids is 1. The lowest BCUT2D eigenvalue weighted by atomic mass is 10.1. The minimum atomic E-state index is -1.96. The molecule has 0 fully saturated rings. The zero-order chi connectivity index (χ0) is 15.2. The fourth-order valence-electron chi connectivity index (χ4n) is 1.33. The van der Waals surface area contributed by atoms with Crippen molar-refractivity contribution in [3.8, 4) is 5.75 Å². The van der Waals surface area contributed by atoms with Gasteiger partial charge in [0.2, 0.25) is 5.91 Å². The maximum atomic E-state index is 11.5. The molecule has 0 heterocycles. The van der Waals surface area contributed by atoms with E-state index in [9.17, 15) is 14.7 Å². The van der Waals surface area contributed by atoms with E-state index < -0.39 is 11.6 Å². The number of carbonyl (C=O) groups is 2. The highest BCUT2D eigenvalue weighted by Crippen LogP contribution is 2.11. The van der Waals surface area contributed by atoms with Gasteiger partial charge in [-0.3, -0.25) is 4.79 Å². The fourth-order valence-corrected chi connectivity index (χ4v) is 1.33. The van der Waals surface area contributed by atoms with Crippen LogP contribution in [-0.4, -0.2) is 40.8 Å². The van der Waals surface area contributed by atoms with E-state index in [0.717, 1.165) is 12.5 Å². The van der Waals surface area contributed by atoms with E-state index in [1.165, 1.54) is 0 Å². The van der Waals surface area contributed by atoms with Gasteiger partial charge in [0.05, 0.1) is 19.6 Å². The molecule has 6 heteroatoms. The summed E-state index contributed by atoms with van der Waals surface area (Å²) in [5.74, 6) is -1.09. The van der Waals surface area contributed by atoms with Gasteiger partial charge in [0.15, 0.2) is 5.60 Å². The normalized spacial score (nSPS) is 13.3. The van der Waals surface area contributed by atoms with Gasteiger partial charge in [-0.25, -0.2) is 4.79 Å². The fraction of sp³-hybridized carbons (Fsp3) is 0.429. The third-order valence-corrected chi connectivity index (χ3v) is 2.71. The quantitative estimate of drug-likeness (QED) is 0.684. The van der Waals surface area contributed by atoms with E-state index in [-0.39, 0.29) is 25.5 Å². The van der Waals surface area contributed by atoms with E-state index >= 15 is 0 Å². The smallest absolute Gasteiger partial charge is 0.337 e. The van der Waals surface area contributed by atoms with Gasteiger partial charge in [-0.15, -0.1) is 0 Å². The molecule has 3 N–H and O–H groups in total. The van der Waals surface area contributed by atoms with E-state index in [0.29, 0.717) is 5.75 Å². The van der Waals surface area contributed by atoms with Crippen molar-refractivity contribution in [2.24, 2.45) is 0 Å². The second-order valence-corrected chi connectivity index (χ2v) is 4.77. The van der Waals surface area contributed by atoms with Gasteiger partial charge >= 0.3 is 5.97 Å². The van der Waals surface area contributed by atoms with E-state index in [2.05, 4.69) is 5.32 Å².